The van der Waals surface area contributed by atoms with Gasteiger partial charge in [0, 0.05) is 0 Å². The van der Waals surface area contributed by atoms with Crippen LogP contribution in [-0.4, -0.2) is 0 Å². The Hall–Kier alpha value is -1.77. The zero-order valence-corrected chi connectivity index (χ0v) is 8.12. The third kappa shape index (κ3) is 2.62. The third-order valence-corrected chi connectivity index (χ3v) is 1.96. The maximum atomic E-state index is 8.70. The van der Waals surface area contributed by atoms with Crippen molar-refractivity contribution < 1.29 is 0 Å². The van der Waals surface area contributed by atoms with E-state index in [9.17, 15) is 0 Å². The Bertz CT molecular complexity index is 436. The Labute approximate surface area is 87.7 Å². The Morgan fingerprint density at radius 1 is 1.36 bits per heavy atom. The predicted molar refractivity (Wildman–Crippen MR) is 55.4 cm³/mol. The van der Waals surface area contributed by atoms with Crippen LogP contribution < -0.4 is 0 Å². The first kappa shape index (κ1) is 10.3. The van der Waals surface area contributed by atoms with E-state index in [-0.39, 0.29) is 0 Å². The monoisotopic (exact) mass is 202 g/mol. The molecule has 3 heteroatoms. The summed E-state index contributed by atoms with van der Waals surface area (Å²) in [5, 5.41) is 17.5. The molecule has 0 unspecified atom stereocenters. The molecule has 68 valence electrons. The van der Waals surface area contributed by atoms with Gasteiger partial charge < -0.3 is 0 Å². The molecule has 14 heavy (non-hydrogen) atoms. The van der Waals surface area contributed by atoms with Crippen LogP contribution >= 0.6 is 11.6 Å². The molecule has 0 N–H and O–H groups in total. The molecule has 1 aromatic carbocycles. The number of allylic oxidation sites excluding steroid dienone is 1. The van der Waals surface area contributed by atoms with Gasteiger partial charge >= 0.3 is 0 Å². The number of benzene rings is 1. The minimum absolute atomic E-state index is 0.366. The van der Waals surface area contributed by atoms with Crippen molar-refractivity contribution in [1.29, 1.82) is 10.5 Å². The van der Waals surface area contributed by atoms with E-state index < -0.39 is 0 Å². The topological polar surface area (TPSA) is 47.6 Å². The highest BCUT2D eigenvalue weighted by atomic mass is 35.5. The van der Waals surface area contributed by atoms with Crippen molar-refractivity contribution in [2.45, 2.75) is 6.42 Å². The summed E-state index contributed by atoms with van der Waals surface area (Å²) in [7, 11) is 0. The molecule has 0 heterocycles. The fraction of sp³-hybridized carbons (Fsp3) is 0.0909. The SMILES string of the molecule is N#CCC=Cc1ccc(Cl)c(C#N)c1. The van der Waals surface area contributed by atoms with E-state index in [4.69, 9.17) is 22.1 Å². The fourth-order valence-electron chi connectivity index (χ4n) is 0.980. The summed E-state index contributed by atoms with van der Waals surface area (Å²) in [5.74, 6) is 0. The van der Waals surface area contributed by atoms with Crippen LogP contribution in [0.5, 0.6) is 0 Å². The lowest BCUT2D eigenvalue weighted by atomic mass is 10.1. The van der Waals surface area contributed by atoms with Gasteiger partial charge in [0.1, 0.15) is 6.07 Å². The van der Waals surface area contributed by atoms with Crippen molar-refractivity contribution in [3.05, 3.63) is 40.4 Å². The molecule has 0 aliphatic heterocycles. The molecule has 1 aromatic rings. The summed E-state index contributed by atoms with van der Waals surface area (Å²) in [6.45, 7) is 0. The minimum Gasteiger partial charge on any atom is -0.198 e. The first-order valence-electron chi connectivity index (χ1n) is 4.01. The summed E-state index contributed by atoms with van der Waals surface area (Å²) < 4.78 is 0. The van der Waals surface area contributed by atoms with Crippen molar-refractivity contribution in [1.82, 2.24) is 0 Å². The van der Waals surface area contributed by atoms with Gasteiger partial charge in [-0.25, -0.2) is 0 Å². The maximum absolute atomic E-state index is 8.70. The lowest BCUT2D eigenvalue weighted by Crippen LogP contribution is -1.79. The van der Waals surface area contributed by atoms with Crippen LogP contribution in [0.25, 0.3) is 6.08 Å². The molecule has 0 spiro atoms. The average Bonchev–Trinajstić information content (AvgIpc) is 2.21. The van der Waals surface area contributed by atoms with Crippen molar-refractivity contribution >= 4 is 17.7 Å². The lowest BCUT2D eigenvalue weighted by molar-refractivity contribution is 1.36. The molecule has 0 atom stereocenters. The number of halogens is 1. The second-order valence-corrected chi connectivity index (χ2v) is 3.02. The van der Waals surface area contributed by atoms with Crippen LogP contribution in [0.4, 0.5) is 0 Å². The van der Waals surface area contributed by atoms with E-state index in [0.717, 1.165) is 5.56 Å². The average molecular weight is 203 g/mol. The number of hydrogen-bond acceptors (Lipinski definition) is 2. The van der Waals surface area contributed by atoms with E-state index in [2.05, 4.69) is 0 Å². The lowest BCUT2D eigenvalue weighted by Gasteiger charge is -1.96. The van der Waals surface area contributed by atoms with E-state index >= 15 is 0 Å². The van der Waals surface area contributed by atoms with E-state index in [1.165, 1.54) is 0 Å². The molecule has 0 amide bonds. The van der Waals surface area contributed by atoms with Crippen LogP contribution in [0.2, 0.25) is 5.02 Å². The molecule has 0 aliphatic rings. The van der Waals surface area contributed by atoms with E-state index in [1.807, 2.05) is 12.1 Å². The summed E-state index contributed by atoms with van der Waals surface area (Å²) in [6.07, 6.45) is 3.90. The van der Waals surface area contributed by atoms with Gasteiger partial charge in [0.25, 0.3) is 0 Å². The van der Waals surface area contributed by atoms with Gasteiger partial charge in [-0.3, -0.25) is 0 Å². The van der Waals surface area contributed by atoms with E-state index in [1.54, 1.807) is 30.4 Å². The summed E-state index contributed by atoms with van der Waals surface area (Å²) >= 11 is 5.76. The Kier molecular flexibility index (Phi) is 3.73. The molecular formula is C11H7ClN2. The Balaban J connectivity index is 2.92. The van der Waals surface area contributed by atoms with Crippen LogP contribution in [0, 0.1) is 22.7 Å². The first-order valence-corrected chi connectivity index (χ1v) is 4.39. The van der Waals surface area contributed by atoms with Gasteiger partial charge in [0.2, 0.25) is 0 Å². The van der Waals surface area contributed by atoms with Crippen LogP contribution in [0.1, 0.15) is 17.5 Å². The quantitative estimate of drug-likeness (QED) is 0.740. The van der Waals surface area contributed by atoms with Gasteiger partial charge in [0.05, 0.1) is 23.1 Å². The molecule has 0 bridgehead atoms. The molecule has 2 nitrogen and oxygen atoms in total. The second kappa shape index (κ2) is 5.07. The second-order valence-electron chi connectivity index (χ2n) is 2.62. The largest absolute Gasteiger partial charge is 0.198 e. The molecule has 0 radical (unpaired) electrons. The van der Waals surface area contributed by atoms with Crippen LogP contribution in [0.3, 0.4) is 0 Å². The fourth-order valence-corrected chi connectivity index (χ4v) is 1.14. The summed E-state index contributed by atoms with van der Waals surface area (Å²) in [5.41, 5.74) is 1.33. The maximum Gasteiger partial charge on any atom is 0.101 e. The van der Waals surface area contributed by atoms with Crippen molar-refractivity contribution in [2.24, 2.45) is 0 Å². The van der Waals surface area contributed by atoms with Crippen LogP contribution in [-0.2, 0) is 0 Å². The highest BCUT2D eigenvalue weighted by Crippen LogP contribution is 2.17. The molecule has 0 aromatic heterocycles. The summed E-state index contributed by atoms with van der Waals surface area (Å²) in [4.78, 5) is 0. The van der Waals surface area contributed by atoms with Gasteiger partial charge in [0.15, 0.2) is 0 Å². The standard InChI is InChI=1S/C11H7ClN2/c12-11-5-4-9(3-1-2-6-13)7-10(11)8-14/h1,3-5,7H,2H2. The van der Waals surface area contributed by atoms with Crippen LogP contribution in [0.15, 0.2) is 24.3 Å². The van der Waals surface area contributed by atoms with Gasteiger partial charge in [-0.05, 0) is 17.7 Å². The molecular weight excluding hydrogens is 196 g/mol. The van der Waals surface area contributed by atoms with Gasteiger partial charge in [-0.2, -0.15) is 10.5 Å². The minimum atomic E-state index is 0.366. The summed E-state index contributed by atoms with van der Waals surface area (Å²) in [6, 6.07) is 9.16. The van der Waals surface area contributed by atoms with Gasteiger partial charge in [-0.1, -0.05) is 29.8 Å². The number of nitriles is 2. The Morgan fingerprint density at radius 3 is 2.79 bits per heavy atom. The van der Waals surface area contributed by atoms with Gasteiger partial charge in [-0.15, -0.1) is 0 Å². The number of nitrogens with zero attached hydrogens (tertiary/aromatic N) is 2. The Morgan fingerprint density at radius 2 is 2.14 bits per heavy atom. The molecule has 0 saturated carbocycles. The highest BCUT2D eigenvalue weighted by molar-refractivity contribution is 6.31. The highest BCUT2D eigenvalue weighted by Gasteiger charge is 1.98. The zero-order chi connectivity index (χ0) is 10.4. The number of hydrogen-bond donors (Lipinski definition) is 0. The molecule has 1 rings (SSSR count). The van der Waals surface area contributed by atoms with Crippen molar-refractivity contribution in [3.63, 3.8) is 0 Å². The molecule has 0 aliphatic carbocycles. The number of rotatable bonds is 2. The predicted octanol–water partition coefficient (Wildman–Crippen LogP) is 3.14. The van der Waals surface area contributed by atoms with Crippen molar-refractivity contribution in [3.8, 4) is 12.1 Å². The third-order valence-electron chi connectivity index (χ3n) is 1.63. The smallest absolute Gasteiger partial charge is 0.101 e. The molecule has 0 fully saturated rings. The first-order chi connectivity index (χ1) is 6.77. The zero-order valence-electron chi connectivity index (χ0n) is 7.37. The normalized spacial score (nSPS) is 9.64. The van der Waals surface area contributed by atoms with Crippen molar-refractivity contribution in [2.75, 3.05) is 0 Å². The van der Waals surface area contributed by atoms with E-state index in [0.29, 0.717) is 17.0 Å². The molecule has 0 saturated heterocycles.